The summed E-state index contributed by atoms with van der Waals surface area (Å²) in [6.07, 6.45) is -2.27. The lowest BCUT2D eigenvalue weighted by Crippen LogP contribution is -2.44. The minimum atomic E-state index is -5.37. The summed E-state index contributed by atoms with van der Waals surface area (Å²) in [4.78, 5) is 50.6. The second kappa shape index (κ2) is 13.9. The first-order chi connectivity index (χ1) is 22.8. The largest absolute Gasteiger partial charge is 0.481 e. The normalized spacial score (nSPS) is 26.8. The zero-order valence-corrected chi connectivity index (χ0v) is 28.1. The lowest BCUT2D eigenvalue weighted by molar-refractivity contribution is -0.719. The second-order valence-electron chi connectivity index (χ2n) is 12.2. The van der Waals surface area contributed by atoms with Gasteiger partial charge in [0.25, 0.3) is 5.91 Å². The molecule has 49 heavy (non-hydrogen) atoms. The van der Waals surface area contributed by atoms with Gasteiger partial charge in [0.05, 0.1) is 32.1 Å². The number of nitrogen functional groups attached to an aromatic ring is 1. The van der Waals surface area contributed by atoms with E-state index in [2.05, 4.69) is 24.7 Å². The highest BCUT2D eigenvalue weighted by Crippen LogP contribution is 2.60. The number of pyridine rings is 1. The number of aliphatic hydroxyl groups excluding tert-OH is 2. The molecule has 8 N–H and O–H groups in total. The van der Waals surface area contributed by atoms with E-state index in [-0.39, 0.29) is 35.5 Å². The Kier molecular flexibility index (Phi) is 10.4. The number of anilines is 1. The summed E-state index contributed by atoms with van der Waals surface area (Å²) >= 11 is 0. The third kappa shape index (κ3) is 8.55. The Bertz CT molecular complexity index is 1810. The highest BCUT2D eigenvalue weighted by Gasteiger charge is 2.47. The maximum atomic E-state index is 13.0. The number of carbonyl (C=O) groups is 2. The van der Waals surface area contributed by atoms with Crippen LogP contribution >= 0.6 is 15.6 Å². The third-order valence-electron chi connectivity index (χ3n) is 7.50. The van der Waals surface area contributed by atoms with Crippen molar-refractivity contribution >= 4 is 44.6 Å². The number of ether oxygens (including phenoxy) is 2. The fraction of sp³-hybridized carbons (Fsp3) is 0.560. The van der Waals surface area contributed by atoms with Gasteiger partial charge in [0, 0.05) is 12.5 Å². The summed E-state index contributed by atoms with van der Waals surface area (Å²) in [5, 5.41) is 31.9. The van der Waals surface area contributed by atoms with Gasteiger partial charge in [0.15, 0.2) is 41.6 Å². The quantitative estimate of drug-likeness (QED) is 0.105. The molecule has 0 spiro atoms. The summed E-state index contributed by atoms with van der Waals surface area (Å²) in [7, 11) is -10.7. The Morgan fingerprint density at radius 1 is 1.12 bits per heavy atom. The number of amides is 2. The van der Waals surface area contributed by atoms with Crippen LogP contribution in [0.1, 0.15) is 49.8 Å². The Hall–Kier alpha value is -3.69. The van der Waals surface area contributed by atoms with Crippen LogP contribution in [0.5, 0.6) is 0 Å². The Morgan fingerprint density at radius 3 is 2.49 bits per heavy atom. The second-order valence-corrected chi connectivity index (χ2v) is 15.3. The van der Waals surface area contributed by atoms with Gasteiger partial charge in [-0.1, -0.05) is 0 Å². The standard InChI is InChI=1S/C25H35N9O13P2/c1-25(2,3)46-24(38)33-9-14(32-6-4-5-13(8-32)21(27)37)7-15(33)10-43-48(39,40)47-49(41,42)44-11-16-18(35)19(36)23(45-16)34-12-28-17-20(26)29-31-30-22(17)34/h4-6,8,12,14-16,18-19,23,35-36H,7,9-11H2,1-3H3,(H5-,26,27,29,30,37,39,40,41,42)/p+1/t14-,15-,16+,18+,19+,23+/m0/s1. The summed E-state index contributed by atoms with van der Waals surface area (Å²) in [6, 6.07) is 1.78. The van der Waals surface area contributed by atoms with Crippen molar-refractivity contribution in [3.8, 4) is 0 Å². The molecular weight excluding hydrogens is 696 g/mol. The first-order valence-electron chi connectivity index (χ1n) is 14.6. The van der Waals surface area contributed by atoms with Crippen LogP contribution in [0.3, 0.4) is 0 Å². The van der Waals surface area contributed by atoms with Crippen LogP contribution < -0.4 is 16.0 Å². The van der Waals surface area contributed by atoms with Gasteiger partial charge in [-0.05, 0) is 32.1 Å². The lowest BCUT2D eigenvalue weighted by Gasteiger charge is -2.28. The van der Waals surface area contributed by atoms with Crippen molar-refractivity contribution in [1.29, 1.82) is 0 Å². The lowest BCUT2D eigenvalue weighted by atomic mass is 10.1. The topological polar surface area (TPSA) is 311 Å². The number of primary amides is 1. The molecule has 2 amide bonds. The van der Waals surface area contributed by atoms with Gasteiger partial charge in [-0.2, -0.15) is 8.88 Å². The number of nitrogens with zero attached hydrogens (tertiary/aromatic N) is 7. The van der Waals surface area contributed by atoms with Crippen molar-refractivity contribution in [3.63, 3.8) is 0 Å². The predicted octanol–water partition coefficient (Wildman–Crippen LogP) is -0.690. The van der Waals surface area contributed by atoms with Gasteiger partial charge in [0.2, 0.25) is 0 Å². The average Bonchev–Trinajstić information content (AvgIpc) is 3.71. The van der Waals surface area contributed by atoms with Crippen LogP contribution in [0, 0.1) is 0 Å². The summed E-state index contributed by atoms with van der Waals surface area (Å²) in [5.74, 6) is -0.717. The van der Waals surface area contributed by atoms with Gasteiger partial charge >= 0.3 is 21.7 Å². The predicted molar refractivity (Wildman–Crippen MR) is 162 cm³/mol. The van der Waals surface area contributed by atoms with E-state index in [0.717, 1.165) is 0 Å². The first-order valence-corrected chi connectivity index (χ1v) is 17.6. The minimum Gasteiger partial charge on any atom is -0.444 e. The summed E-state index contributed by atoms with van der Waals surface area (Å²) < 4.78 is 53.6. The smallest absolute Gasteiger partial charge is 0.444 e. The maximum Gasteiger partial charge on any atom is 0.481 e. The third-order valence-corrected chi connectivity index (χ3v) is 10.1. The Balaban J connectivity index is 1.21. The van der Waals surface area contributed by atoms with Crippen LogP contribution in [0.2, 0.25) is 0 Å². The van der Waals surface area contributed by atoms with E-state index in [0.29, 0.717) is 0 Å². The fourth-order valence-corrected chi connectivity index (χ4v) is 7.39. The van der Waals surface area contributed by atoms with E-state index in [4.69, 9.17) is 30.0 Å². The molecule has 0 radical (unpaired) electrons. The number of hydrogen-bond donors (Lipinski definition) is 6. The highest BCUT2D eigenvalue weighted by atomic mass is 31.3. The molecule has 0 aliphatic carbocycles. The van der Waals surface area contributed by atoms with Crippen LogP contribution in [0.25, 0.3) is 11.2 Å². The average molecular weight is 733 g/mol. The molecular formula is C25H36N9O13P2+. The summed E-state index contributed by atoms with van der Waals surface area (Å²) in [6.45, 7) is 3.49. The van der Waals surface area contributed by atoms with Crippen LogP contribution in [-0.2, 0) is 32.0 Å². The number of likely N-dealkylation sites (tertiary alicyclic amines) is 1. The molecule has 2 aliphatic heterocycles. The van der Waals surface area contributed by atoms with E-state index >= 15 is 0 Å². The SMILES string of the molecule is CC(C)(C)OC(=O)N1C[C@@H]([n+]2cccc(C(N)=O)c2)C[C@H]1COP(=O)(O)OP(=O)(O)OC[C@H]1O[C@@H](n2cnc3c(N)nnnc32)[C@H](O)[C@@H]1O. The molecule has 2 aliphatic rings. The molecule has 5 rings (SSSR count). The summed E-state index contributed by atoms with van der Waals surface area (Å²) in [5.41, 5.74) is 10.7. The zero-order chi connectivity index (χ0) is 35.9. The van der Waals surface area contributed by atoms with Gasteiger partial charge in [-0.3, -0.25) is 23.3 Å². The molecule has 3 aromatic rings. The van der Waals surface area contributed by atoms with Crippen molar-refractivity contribution in [2.24, 2.45) is 5.73 Å². The number of imidazole rings is 1. The van der Waals surface area contributed by atoms with Crippen molar-refractivity contribution < 1.29 is 66.1 Å². The Morgan fingerprint density at radius 2 is 1.82 bits per heavy atom. The number of phosphoric acid groups is 2. The molecule has 268 valence electrons. The number of fused-ring (bicyclic) bond motifs is 1. The van der Waals surface area contributed by atoms with Crippen LogP contribution in [-0.4, -0.2) is 112 Å². The van der Waals surface area contributed by atoms with Crippen LogP contribution in [0.4, 0.5) is 10.6 Å². The van der Waals surface area contributed by atoms with Gasteiger partial charge < -0.3 is 40.9 Å². The number of carbonyl (C=O) groups excluding carboxylic acids is 2. The van der Waals surface area contributed by atoms with Crippen molar-refractivity contribution in [2.45, 2.75) is 69.4 Å². The minimum absolute atomic E-state index is 0.0511. The molecule has 3 aromatic heterocycles. The molecule has 0 saturated carbocycles. The number of nitrogens with two attached hydrogens (primary N) is 2. The van der Waals surface area contributed by atoms with Crippen molar-refractivity contribution in [1.82, 2.24) is 29.9 Å². The van der Waals surface area contributed by atoms with Gasteiger partial charge in [-0.15, -0.1) is 10.2 Å². The zero-order valence-electron chi connectivity index (χ0n) is 26.3. The van der Waals surface area contributed by atoms with Crippen LogP contribution in [0.15, 0.2) is 30.9 Å². The number of aliphatic hydroxyl groups is 2. The molecule has 8 atom stereocenters. The van der Waals surface area contributed by atoms with E-state index in [9.17, 15) is 38.7 Å². The first kappa shape index (κ1) is 36.6. The number of aromatic nitrogens is 6. The van der Waals surface area contributed by atoms with Crippen molar-refractivity contribution in [3.05, 3.63) is 36.4 Å². The van der Waals surface area contributed by atoms with E-state index in [1.165, 1.54) is 28.1 Å². The number of hydrogen-bond acceptors (Lipinski definition) is 16. The maximum absolute atomic E-state index is 13.0. The van der Waals surface area contributed by atoms with Gasteiger partial charge in [-0.25, -0.2) is 18.9 Å². The molecule has 22 nitrogen and oxygen atoms in total. The molecule has 0 bridgehead atoms. The van der Waals surface area contributed by atoms with Crippen molar-refractivity contribution in [2.75, 3.05) is 25.5 Å². The molecule has 5 heterocycles. The van der Waals surface area contributed by atoms with E-state index in [1.807, 2.05) is 0 Å². The molecule has 2 saturated heterocycles. The molecule has 0 aromatic carbocycles. The highest BCUT2D eigenvalue weighted by molar-refractivity contribution is 7.61. The number of rotatable bonds is 11. The Labute approximate surface area is 277 Å². The van der Waals surface area contributed by atoms with Gasteiger partial charge in [0.1, 0.15) is 29.5 Å². The molecule has 2 fully saturated rings. The van der Waals surface area contributed by atoms with E-state index < -0.39 is 83.1 Å². The molecule has 2 unspecified atom stereocenters. The fourth-order valence-electron chi connectivity index (χ4n) is 5.28. The van der Waals surface area contributed by atoms with E-state index in [1.54, 1.807) is 37.6 Å². The molecule has 24 heteroatoms. The monoisotopic (exact) mass is 732 g/mol. The number of phosphoric ester groups is 2.